The predicted molar refractivity (Wildman–Crippen MR) is 95.0 cm³/mol. The molecule has 0 N–H and O–H groups in total. The molecule has 0 aliphatic rings. The maximum absolute atomic E-state index is 4.61. The molecule has 4 nitrogen and oxygen atoms in total. The Bertz CT molecular complexity index is 877. The van der Waals surface area contributed by atoms with E-state index in [4.69, 9.17) is 0 Å². The van der Waals surface area contributed by atoms with Crippen LogP contribution in [0.4, 0.5) is 11.6 Å². The van der Waals surface area contributed by atoms with Gasteiger partial charge in [0.1, 0.15) is 0 Å². The summed E-state index contributed by atoms with van der Waals surface area (Å²) in [6.45, 7) is 11.3. The lowest BCUT2D eigenvalue weighted by molar-refractivity contribution is 0.781. The lowest BCUT2D eigenvalue weighted by Crippen LogP contribution is -1.93. The number of para-hydroxylation sites is 2. The summed E-state index contributed by atoms with van der Waals surface area (Å²) in [5.41, 5.74) is 7.84. The van der Waals surface area contributed by atoms with E-state index in [-0.39, 0.29) is 0 Å². The Balaban J connectivity index is 2.11. The SMILES string of the molecule is CCn1c(N=Nc2c(C)c(C)cc(C)c2C)nc2ccccc21. The zero-order chi connectivity index (χ0) is 16.6. The standard InChI is InChI=1S/C19H22N4/c1-6-23-17-10-8-7-9-16(17)20-19(23)22-21-18-14(4)12(2)11-13(3)15(18)5/h7-11H,6H2,1-5H3. The van der Waals surface area contributed by atoms with Crippen LogP contribution in [0.1, 0.15) is 29.2 Å². The quantitative estimate of drug-likeness (QED) is 0.572. The summed E-state index contributed by atoms with van der Waals surface area (Å²) in [5, 5.41) is 9.01. The first-order chi connectivity index (χ1) is 11.0. The molecule has 23 heavy (non-hydrogen) atoms. The lowest BCUT2D eigenvalue weighted by Gasteiger charge is -2.10. The minimum Gasteiger partial charge on any atom is -0.307 e. The molecule has 0 radical (unpaired) electrons. The molecule has 0 fully saturated rings. The molecular formula is C19H22N4. The molecular weight excluding hydrogens is 284 g/mol. The van der Waals surface area contributed by atoms with E-state index >= 15 is 0 Å². The van der Waals surface area contributed by atoms with Gasteiger partial charge < -0.3 is 4.57 Å². The van der Waals surface area contributed by atoms with Gasteiger partial charge in [-0.05, 0) is 69.0 Å². The Kier molecular flexibility index (Phi) is 3.99. The van der Waals surface area contributed by atoms with Crippen molar-refractivity contribution in [2.75, 3.05) is 0 Å². The van der Waals surface area contributed by atoms with Gasteiger partial charge in [0.2, 0.25) is 5.95 Å². The third kappa shape index (κ3) is 2.65. The van der Waals surface area contributed by atoms with Crippen LogP contribution < -0.4 is 0 Å². The first kappa shape index (κ1) is 15.4. The molecule has 4 heteroatoms. The predicted octanol–water partition coefficient (Wildman–Crippen LogP) is 5.71. The van der Waals surface area contributed by atoms with Gasteiger partial charge in [-0.2, -0.15) is 0 Å². The number of azo groups is 1. The lowest BCUT2D eigenvalue weighted by atomic mass is 9.99. The number of aromatic nitrogens is 2. The summed E-state index contributed by atoms with van der Waals surface area (Å²) in [4.78, 5) is 4.61. The third-order valence-corrected chi connectivity index (χ3v) is 4.52. The van der Waals surface area contributed by atoms with Crippen LogP contribution in [0.25, 0.3) is 11.0 Å². The molecule has 0 aliphatic heterocycles. The molecule has 2 aromatic carbocycles. The monoisotopic (exact) mass is 306 g/mol. The fourth-order valence-electron chi connectivity index (χ4n) is 2.89. The van der Waals surface area contributed by atoms with E-state index in [1.807, 2.05) is 18.2 Å². The Labute approximate surface area is 136 Å². The fourth-order valence-corrected chi connectivity index (χ4v) is 2.89. The average molecular weight is 306 g/mol. The van der Waals surface area contributed by atoms with Crippen molar-refractivity contribution >= 4 is 22.7 Å². The van der Waals surface area contributed by atoms with Crippen LogP contribution in [0.2, 0.25) is 0 Å². The fraction of sp³-hybridized carbons (Fsp3) is 0.316. The number of benzene rings is 2. The zero-order valence-corrected chi connectivity index (χ0v) is 14.4. The maximum Gasteiger partial charge on any atom is 0.250 e. The first-order valence-corrected chi connectivity index (χ1v) is 7.97. The molecule has 0 amide bonds. The molecule has 0 aliphatic carbocycles. The van der Waals surface area contributed by atoms with Gasteiger partial charge >= 0.3 is 0 Å². The van der Waals surface area contributed by atoms with Gasteiger partial charge in [-0.1, -0.05) is 18.2 Å². The van der Waals surface area contributed by atoms with E-state index in [0.29, 0.717) is 5.95 Å². The Morgan fingerprint density at radius 1 is 0.957 bits per heavy atom. The van der Waals surface area contributed by atoms with Crippen molar-refractivity contribution in [1.82, 2.24) is 9.55 Å². The van der Waals surface area contributed by atoms with Crippen molar-refractivity contribution in [2.24, 2.45) is 10.2 Å². The van der Waals surface area contributed by atoms with Crippen molar-refractivity contribution < 1.29 is 0 Å². The van der Waals surface area contributed by atoms with Gasteiger partial charge in [-0.3, -0.25) is 0 Å². The van der Waals surface area contributed by atoms with Gasteiger partial charge in [0.25, 0.3) is 0 Å². The van der Waals surface area contributed by atoms with Crippen LogP contribution in [0.15, 0.2) is 40.6 Å². The molecule has 1 heterocycles. The second-order valence-corrected chi connectivity index (χ2v) is 5.95. The highest BCUT2D eigenvalue weighted by molar-refractivity contribution is 5.78. The third-order valence-electron chi connectivity index (χ3n) is 4.52. The van der Waals surface area contributed by atoms with Gasteiger partial charge in [0.15, 0.2) is 0 Å². The number of aryl methyl sites for hydroxylation is 3. The molecule has 0 spiro atoms. The van der Waals surface area contributed by atoms with E-state index in [9.17, 15) is 0 Å². The van der Waals surface area contributed by atoms with Crippen LogP contribution in [0.5, 0.6) is 0 Å². The Morgan fingerprint density at radius 2 is 1.61 bits per heavy atom. The molecule has 0 atom stereocenters. The van der Waals surface area contributed by atoms with Crippen LogP contribution in [-0.2, 0) is 6.54 Å². The molecule has 3 aromatic rings. The summed E-state index contributed by atoms with van der Waals surface area (Å²) in [7, 11) is 0. The maximum atomic E-state index is 4.61. The Morgan fingerprint density at radius 3 is 2.26 bits per heavy atom. The molecule has 0 saturated carbocycles. The zero-order valence-electron chi connectivity index (χ0n) is 14.4. The average Bonchev–Trinajstić information content (AvgIpc) is 2.90. The molecule has 1 aromatic heterocycles. The second-order valence-electron chi connectivity index (χ2n) is 5.95. The minimum atomic E-state index is 0.659. The van der Waals surface area contributed by atoms with Crippen LogP contribution in [0.3, 0.4) is 0 Å². The Hall–Kier alpha value is -2.49. The number of imidazole rings is 1. The number of hydrogen-bond acceptors (Lipinski definition) is 3. The molecule has 118 valence electrons. The minimum absolute atomic E-state index is 0.659. The normalized spacial score (nSPS) is 11.7. The summed E-state index contributed by atoms with van der Waals surface area (Å²) in [5.74, 6) is 0.659. The number of rotatable bonds is 3. The van der Waals surface area contributed by atoms with E-state index in [2.05, 4.69) is 66.5 Å². The highest BCUT2D eigenvalue weighted by Crippen LogP contribution is 2.31. The highest BCUT2D eigenvalue weighted by atomic mass is 15.3. The molecule has 0 bridgehead atoms. The van der Waals surface area contributed by atoms with Crippen molar-refractivity contribution in [3.05, 3.63) is 52.6 Å². The summed E-state index contributed by atoms with van der Waals surface area (Å²) >= 11 is 0. The highest BCUT2D eigenvalue weighted by Gasteiger charge is 2.10. The summed E-state index contributed by atoms with van der Waals surface area (Å²) < 4.78 is 2.09. The van der Waals surface area contributed by atoms with Gasteiger partial charge in [-0.25, -0.2) is 4.98 Å². The molecule has 3 rings (SSSR count). The van der Waals surface area contributed by atoms with Crippen molar-refractivity contribution in [2.45, 2.75) is 41.2 Å². The number of hydrogen-bond donors (Lipinski definition) is 0. The van der Waals surface area contributed by atoms with Gasteiger partial charge in [0, 0.05) is 6.54 Å². The first-order valence-electron chi connectivity index (χ1n) is 7.97. The van der Waals surface area contributed by atoms with Crippen LogP contribution in [0, 0.1) is 27.7 Å². The van der Waals surface area contributed by atoms with E-state index in [0.717, 1.165) is 23.3 Å². The van der Waals surface area contributed by atoms with Gasteiger partial charge in [0.05, 0.1) is 16.7 Å². The number of nitrogens with zero attached hydrogens (tertiary/aromatic N) is 4. The van der Waals surface area contributed by atoms with Crippen molar-refractivity contribution in [3.63, 3.8) is 0 Å². The topological polar surface area (TPSA) is 42.5 Å². The van der Waals surface area contributed by atoms with E-state index in [1.54, 1.807) is 0 Å². The van der Waals surface area contributed by atoms with E-state index in [1.165, 1.54) is 22.3 Å². The van der Waals surface area contributed by atoms with Crippen molar-refractivity contribution in [1.29, 1.82) is 0 Å². The van der Waals surface area contributed by atoms with E-state index < -0.39 is 0 Å². The largest absolute Gasteiger partial charge is 0.307 e. The van der Waals surface area contributed by atoms with Gasteiger partial charge in [-0.15, -0.1) is 10.2 Å². The molecule has 0 unspecified atom stereocenters. The van der Waals surface area contributed by atoms with Crippen LogP contribution >= 0.6 is 0 Å². The van der Waals surface area contributed by atoms with Crippen molar-refractivity contribution in [3.8, 4) is 0 Å². The summed E-state index contributed by atoms with van der Waals surface area (Å²) in [6.07, 6.45) is 0. The summed E-state index contributed by atoms with van der Waals surface area (Å²) in [6, 6.07) is 10.3. The smallest absolute Gasteiger partial charge is 0.250 e. The second kappa shape index (κ2) is 5.95. The number of fused-ring (bicyclic) bond motifs is 1. The van der Waals surface area contributed by atoms with Crippen LogP contribution in [-0.4, -0.2) is 9.55 Å². The molecule has 0 saturated heterocycles.